The number of aryl methyl sites for hydroxylation is 2. The monoisotopic (exact) mass is 406 g/mol. The second kappa shape index (κ2) is 8.17. The highest BCUT2D eigenvalue weighted by Gasteiger charge is 2.22. The summed E-state index contributed by atoms with van der Waals surface area (Å²) in [6.45, 7) is 0.724. The minimum Gasteiger partial charge on any atom is -0.382 e. The molecule has 9 nitrogen and oxygen atoms in total. The lowest BCUT2D eigenvalue weighted by atomic mass is 10.0. The second-order valence-corrected chi connectivity index (χ2v) is 6.52. The van der Waals surface area contributed by atoms with E-state index in [0.717, 1.165) is 25.1 Å². The van der Waals surface area contributed by atoms with Gasteiger partial charge in [0.2, 0.25) is 5.91 Å². The first-order valence-corrected chi connectivity index (χ1v) is 8.73. The van der Waals surface area contributed by atoms with E-state index in [1.165, 1.54) is 12.1 Å². The third-order valence-electron chi connectivity index (χ3n) is 4.55. The van der Waals surface area contributed by atoms with Gasteiger partial charge >= 0.3 is 0 Å². The zero-order chi connectivity index (χ0) is 21.1. The number of carbonyl (C=O) groups is 1. The van der Waals surface area contributed by atoms with E-state index in [-0.39, 0.29) is 29.4 Å². The quantitative estimate of drug-likeness (QED) is 0.578. The highest BCUT2D eigenvalue weighted by molar-refractivity contribution is 5.94. The van der Waals surface area contributed by atoms with Gasteiger partial charge in [-0.2, -0.15) is 0 Å². The number of anilines is 2. The lowest BCUT2D eigenvalue weighted by molar-refractivity contribution is -0.385. The molecule has 2 heterocycles. The van der Waals surface area contributed by atoms with Crippen molar-refractivity contribution >= 4 is 28.7 Å². The van der Waals surface area contributed by atoms with E-state index in [4.69, 9.17) is 0 Å². The molecule has 0 aromatic heterocycles. The van der Waals surface area contributed by atoms with Crippen LogP contribution < -0.4 is 10.6 Å². The van der Waals surface area contributed by atoms with E-state index in [1.54, 1.807) is 0 Å². The number of benzene rings is 2. The van der Waals surface area contributed by atoms with E-state index in [2.05, 4.69) is 10.6 Å². The first-order valence-electron chi connectivity index (χ1n) is 8.73. The van der Waals surface area contributed by atoms with Crippen LogP contribution in [0.25, 0.3) is 0 Å². The topological polar surface area (TPSA) is 127 Å². The maximum Gasteiger partial charge on any atom is 0.272 e. The van der Waals surface area contributed by atoms with E-state index >= 15 is 0 Å². The Morgan fingerprint density at radius 3 is 1.97 bits per heavy atom. The highest BCUT2D eigenvalue weighted by atomic mass is 19.1. The molecule has 29 heavy (non-hydrogen) atoms. The molecule has 2 aliphatic heterocycles. The summed E-state index contributed by atoms with van der Waals surface area (Å²) < 4.78 is 26.7. The molecule has 0 fully saturated rings. The van der Waals surface area contributed by atoms with Gasteiger partial charge in [-0.3, -0.25) is 25.0 Å². The van der Waals surface area contributed by atoms with E-state index in [9.17, 15) is 33.8 Å². The summed E-state index contributed by atoms with van der Waals surface area (Å²) in [6.07, 6.45) is 2.14. The Hall–Kier alpha value is -3.63. The van der Waals surface area contributed by atoms with Crippen molar-refractivity contribution in [2.45, 2.75) is 25.7 Å². The van der Waals surface area contributed by atoms with Crippen molar-refractivity contribution in [1.82, 2.24) is 0 Å². The van der Waals surface area contributed by atoms with Gasteiger partial charge in [-0.15, -0.1) is 0 Å². The van der Waals surface area contributed by atoms with Crippen LogP contribution in [0.5, 0.6) is 0 Å². The molecule has 2 aromatic rings. The molecule has 11 heteroatoms. The zero-order valence-corrected chi connectivity index (χ0v) is 15.0. The SMILES string of the molecule is O=C1CCc2cc([N+](=O)[O-])cc(F)c2N1.O=[N+]([O-])c1cc(F)c2c(c1)CCCN2. The Kier molecular flexibility index (Phi) is 5.66. The maximum absolute atomic E-state index is 13.3. The van der Waals surface area contributed by atoms with Crippen LogP contribution in [0.3, 0.4) is 0 Å². The minimum atomic E-state index is -0.757. The van der Waals surface area contributed by atoms with Gasteiger partial charge in [0.05, 0.1) is 33.4 Å². The van der Waals surface area contributed by atoms with Crippen LogP contribution in [0, 0.1) is 31.9 Å². The fourth-order valence-corrected chi connectivity index (χ4v) is 3.18. The van der Waals surface area contributed by atoms with Crippen molar-refractivity contribution < 1.29 is 23.4 Å². The number of nitrogens with zero attached hydrogens (tertiary/aromatic N) is 2. The molecule has 2 aromatic carbocycles. The number of nitro groups is 2. The first-order chi connectivity index (χ1) is 13.8. The molecule has 1 amide bonds. The molecule has 0 saturated carbocycles. The third kappa shape index (κ3) is 4.45. The number of amides is 1. The summed E-state index contributed by atoms with van der Waals surface area (Å²) in [5.41, 5.74) is 1.19. The summed E-state index contributed by atoms with van der Waals surface area (Å²) in [7, 11) is 0. The van der Waals surface area contributed by atoms with Gasteiger partial charge in [0.1, 0.15) is 0 Å². The van der Waals surface area contributed by atoms with Gasteiger partial charge in [-0.05, 0) is 30.4 Å². The van der Waals surface area contributed by atoms with E-state index < -0.39 is 21.5 Å². The summed E-state index contributed by atoms with van der Waals surface area (Å²) in [4.78, 5) is 30.7. The fraction of sp³-hybridized carbons (Fsp3) is 0.278. The van der Waals surface area contributed by atoms with E-state index in [0.29, 0.717) is 29.7 Å². The predicted molar refractivity (Wildman–Crippen MR) is 99.9 cm³/mol. The Morgan fingerprint density at radius 1 is 0.828 bits per heavy atom. The molecule has 2 N–H and O–H groups in total. The lowest BCUT2D eigenvalue weighted by Crippen LogP contribution is -2.20. The molecule has 152 valence electrons. The summed E-state index contributed by atoms with van der Waals surface area (Å²) in [5.74, 6) is -1.56. The van der Waals surface area contributed by atoms with Crippen LogP contribution in [0.4, 0.5) is 31.5 Å². The standard InChI is InChI=1S/C9H7FN2O3.C9H9FN2O2/c10-7-4-6(12(14)15)3-5-1-2-8(13)11-9(5)7;10-8-5-7(12(13)14)4-6-2-1-3-11-9(6)8/h3-4H,1-2H2,(H,11,13);4-5,11H,1-3H2. The van der Waals surface area contributed by atoms with Gasteiger partial charge in [-0.25, -0.2) is 8.78 Å². The van der Waals surface area contributed by atoms with Crippen LogP contribution >= 0.6 is 0 Å². The molecule has 4 rings (SSSR count). The summed E-state index contributed by atoms with van der Waals surface area (Å²) in [6, 6.07) is 4.49. The predicted octanol–water partition coefficient (Wildman–Crippen LogP) is 3.71. The highest BCUT2D eigenvalue weighted by Crippen LogP contribution is 2.30. The maximum atomic E-state index is 13.3. The van der Waals surface area contributed by atoms with Crippen LogP contribution in [0.2, 0.25) is 0 Å². The van der Waals surface area contributed by atoms with Crippen molar-refractivity contribution in [3.8, 4) is 0 Å². The smallest absolute Gasteiger partial charge is 0.272 e. The van der Waals surface area contributed by atoms with Gasteiger partial charge in [0.25, 0.3) is 11.4 Å². The number of nitro benzene ring substituents is 2. The third-order valence-corrected chi connectivity index (χ3v) is 4.55. The number of non-ortho nitro benzene ring substituents is 2. The molecule has 0 radical (unpaired) electrons. The normalized spacial score (nSPS) is 14.3. The molecule has 0 saturated heterocycles. The number of rotatable bonds is 2. The van der Waals surface area contributed by atoms with Crippen LogP contribution in [0.1, 0.15) is 24.0 Å². The van der Waals surface area contributed by atoms with Gasteiger partial charge in [-0.1, -0.05) is 0 Å². The Balaban J connectivity index is 0.000000166. The minimum absolute atomic E-state index is 0.0665. The molecular formula is C18H16F2N4O5. The van der Waals surface area contributed by atoms with Gasteiger partial charge in [0, 0.05) is 25.1 Å². The lowest BCUT2D eigenvalue weighted by Gasteiger charge is -2.17. The van der Waals surface area contributed by atoms with Crippen molar-refractivity contribution in [1.29, 1.82) is 0 Å². The van der Waals surface area contributed by atoms with Crippen LogP contribution in [-0.4, -0.2) is 22.3 Å². The largest absolute Gasteiger partial charge is 0.382 e. The number of hydrogen-bond acceptors (Lipinski definition) is 6. The molecule has 0 unspecified atom stereocenters. The number of nitrogens with one attached hydrogen (secondary N) is 2. The Labute approximate surface area is 163 Å². The molecule has 0 atom stereocenters. The zero-order valence-electron chi connectivity index (χ0n) is 15.0. The average Bonchev–Trinajstić information content (AvgIpc) is 2.68. The Bertz CT molecular complexity index is 1010. The van der Waals surface area contributed by atoms with Gasteiger partial charge < -0.3 is 10.6 Å². The van der Waals surface area contributed by atoms with Crippen molar-refractivity contribution in [2.24, 2.45) is 0 Å². The fourth-order valence-electron chi connectivity index (χ4n) is 3.18. The molecule has 2 aliphatic rings. The van der Waals surface area contributed by atoms with E-state index in [1.807, 2.05) is 0 Å². The second-order valence-electron chi connectivity index (χ2n) is 6.52. The Morgan fingerprint density at radius 2 is 1.38 bits per heavy atom. The molecule has 0 aliphatic carbocycles. The molecule has 0 spiro atoms. The summed E-state index contributed by atoms with van der Waals surface area (Å²) in [5, 5.41) is 26.2. The number of fused-ring (bicyclic) bond motifs is 2. The van der Waals surface area contributed by atoms with Crippen molar-refractivity contribution in [3.05, 3.63) is 67.3 Å². The number of carbonyl (C=O) groups excluding carboxylic acids is 1. The number of halogens is 2. The first kappa shape index (κ1) is 20.1. The molecular weight excluding hydrogens is 390 g/mol. The van der Waals surface area contributed by atoms with Crippen molar-refractivity contribution in [2.75, 3.05) is 17.2 Å². The van der Waals surface area contributed by atoms with Gasteiger partial charge in [0.15, 0.2) is 11.6 Å². The van der Waals surface area contributed by atoms with Crippen molar-refractivity contribution in [3.63, 3.8) is 0 Å². The van der Waals surface area contributed by atoms with Crippen LogP contribution in [-0.2, 0) is 17.6 Å². The summed E-state index contributed by atoms with van der Waals surface area (Å²) >= 11 is 0. The average molecular weight is 406 g/mol. The van der Waals surface area contributed by atoms with Crippen LogP contribution in [0.15, 0.2) is 24.3 Å². The number of hydrogen-bond donors (Lipinski definition) is 2. The molecule has 0 bridgehead atoms.